The molecule has 2 aromatic rings. The summed E-state index contributed by atoms with van der Waals surface area (Å²) in [4.78, 5) is 4.93. The Hall–Kier alpha value is -1.05. The molecule has 0 saturated carbocycles. The maximum Gasteiger partial charge on any atom is 0.129 e. The lowest BCUT2D eigenvalue weighted by molar-refractivity contribution is 1.80. The molecule has 2 heterocycles. The van der Waals surface area contributed by atoms with Crippen molar-refractivity contribution in [3.8, 4) is 32.7 Å². The molecule has 4 heteroatoms. The molecule has 0 aliphatic rings. The molecular weight excluding hydrogens is 337 g/mol. The van der Waals surface area contributed by atoms with Gasteiger partial charge in [0.1, 0.15) is 16.1 Å². The van der Waals surface area contributed by atoms with Crippen LogP contribution in [0.5, 0.6) is 0 Å². The summed E-state index contributed by atoms with van der Waals surface area (Å²) in [7, 11) is -2.60. The standard InChI is InChI=1S/C18H22S2Si2/c1-21(2,3)13-11-15-7-9-17(19-15)18-10-8-16(20-18)12-14-22(4,5)6/h7-10H,1-6H3. The van der Waals surface area contributed by atoms with Crippen molar-refractivity contribution in [3.05, 3.63) is 34.0 Å². The molecule has 0 bridgehead atoms. The van der Waals surface area contributed by atoms with Gasteiger partial charge in [0.15, 0.2) is 0 Å². The minimum absolute atomic E-state index is 1.17. The van der Waals surface area contributed by atoms with E-state index in [4.69, 9.17) is 0 Å². The third kappa shape index (κ3) is 5.63. The molecule has 114 valence electrons. The Morgan fingerprint density at radius 2 is 1.00 bits per heavy atom. The Kier molecular flexibility index (Phi) is 5.19. The van der Waals surface area contributed by atoms with E-state index in [1.54, 1.807) is 22.7 Å². The van der Waals surface area contributed by atoms with E-state index in [1.165, 1.54) is 19.5 Å². The Morgan fingerprint density at radius 3 is 1.32 bits per heavy atom. The van der Waals surface area contributed by atoms with Gasteiger partial charge in [-0.3, -0.25) is 0 Å². The largest absolute Gasteiger partial charge is 0.129 e. The zero-order valence-electron chi connectivity index (χ0n) is 14.1. The maximum atomic E-state index is 3.43. The zero-order chi connectivity index (χ0) is 16.4. The second kappa shape index (κ2) is 6.60. The molecule has 0 aliphatic carbocycles. The van der Waals surface area contributed by atoms with Crippen molar-refractivity contribution in [1.29, 1.82) is 0 Å². The summed E-state index contributed by atoms with van der Waals surface area (Å²) in [5.74, 6) is 6.68. The normalized spacial score (nSPS) is 11.4. The Labute approximate surface area is 144 Å². The van der Waals surface area contributed by atoms with Gasteiger partial charge in [0, 0.05) is 9.75 Å². The van der Waals surface area contributed by atoms with Crippen molar-refractivity contribution in [1.82, 2.24) is 0 Å². The van der Waals surface area contributed by atoms with Crippen LogP contribution in [0.1, 0.15) is 9.75 Å². The molecule has 2 aromatic heterocycles. The van der Waals surface area contributed by atoms with Crippen LogP contribution in [0.3, 0.4) is 0 Å². The van der Waals surface area contributed by atoms with E-state index in [1.807, 2.05) is 0 Å². The van der Waals surface area contributed by atoms with Crippen molar-refractivity contribution in [2.75, 3.05) is 0 Å². The van der Waals surface area contributed by atoms with Crippen LogP contribution in [-0.4, -0.2) is 16.1 Å². The summed E-state index contributed by atoms with van der Waals surface area (Å²) in [6, 6.07) is 8.64. The summed E-state index contributed by atoms with van der Waals surface area (Å²) < 4.78 is 0. The van der Waals surface area contributed by atoms with Crippen LogP contribution in [0.4, 0.5) is 0 Å². The first-order chi connectivity index (χ1) is 10.1. The highest BCUT2D eigenvalue weighted by Crippen LogP contribution is 2.33. The van der Waals surface area contributed by atoms with Gasteiger partial charge in [-0.25, -0.2) is 0 Å². The van der Waals surface area contributed by atoms with Gasteiger partial charge in [-0.2, -0.15) is 0 Å². The summed E-state index contributed by atoms with van der Waals surface area (Å²) in [6.07, 6.45) is 0. The van der Waals surface area contributed by atoms with Crippen LogP contribution in [0.15, 0.2) is 24.3 Å². The van der Waals surface area contributed by atoms with Gasteiger partial charge in [-0.05, 0) is 24.3 Å². The van der Waals surface area contributed by atoms with Gasteiger partial charge in [-0.1, -0.05) is 51.1 Å². The molecule has 0 fully saturated rings. The number of rotatable bonds is 1. The molecule has 0 aromatic carbocycles. The fourth-order valence-electron chi connectivity index (χ4n) is 1.57. The highest BCUT2D eigenvalue weighted by molar-refractivity contribution is 7.22. The number of hydrogen-bond donors (Lipinski definition) is 0. The van der Waals surface area contributed by atoms with E-state index in [9.17, 15) is 0 Å². The first-order valence-electron chi connectivity index (χ1n) is 7.39. The van der Waals surface area contributed by atoms with E-state index in [2.05, 4.69) is 86.5 Å². The van der Waals surface area contributed by atoms with E-state index >= 15 is 0 Å². The first kappa shape index (κ1) is 17.3. The lowest BCUT2D eigenvalue weighted by atomic mass is 10.3. The second-order valence-corrected chi connectivity index (χ2v) is 19.0. The Morgan fingerprint density at radius 1 is 0.636 bits per heavy atom. The van der Waals surface area contributed by atoms with Crippen LogP contribution in [0, 0.1) is 22.9 Å². The fourth-order valence-corrected chi connectivity index (χ4v) is 4.58. The van der Waals surface area contributed by atoms with Gasteiger partial charge in [0.05, 0.1) is 9.75 Å². The third-order valence-corrected chi connectivity index (χ3v) is 6.52. The van der Waals surface area contributed by atoms with Crippen molar-refractivity contribution in [2.24, 2.45) is 0 Å². The summed E-state index contributed by atoms with van der Waals surface area (Å²) in [6.45, 7) is 13.7. The minimum Gasteiger partial charge on any atom is -0.126 e. The van der Waals surface area contributed by atoms with Gasteiger partial charge in [-0.15, -0.1) is 33.8 Å². The highest BCUT2D eigenvalue weighted by Gasteiger charge is 2.10. The molecular formula is C18H22S2Si2. The molecule has 0 aliphatic heterocycles. The SMILES string of the molecule is C[Si](C)(C)C#Cc1ccc(-c2ccc(C#C[Si](C)(C)C)s2)s1. The van der Waals surface area contributed by atoms with Crippen LogP contribution in [-0.2, 0) is 0 Å². The molecule has 0 atom stereocenters. The third-order valence-electron chi connectivity index (χ3n) is 2.58. The second-order valence-electron chi connectivity index (χ2n) is 7.33. The highest BCUT2D eigenvalue weighted by atomic mass is 32.1. The minimum atomic E-state index is -1.30. The molecule has 0 spiro atoms. The predicted molar refractivity (Wildman–Crippen MR) is 108 cm³/mol. The smallest absolute Gasteiger partial charge is 0.126 e. The van der Waals surface area contributed by atoms with Crippen molar-refractivity contribution >= 4 is 38.8 Å². The monoisotopic (exact) mass is 358 g/mol. The number of thiophene rings is 2. The molecule has 0 radical (unpaired) electrons. The number of hydrogen-bond acceptors (Lipinski definition) is 2. The van der Waals surface area contributed by atoms with Crippen LogP contribution in [0.25, 0.3) is 9.75 Å². The molecule has 0 saturated heterocycles. The van der Waals surface area contributed by atoms with E-state index < -0.39 is 16.1 Å². The van der Waals surface area contributed by atoms with Gasteiger partial charge < -0.3 is 0 Å². The quantitative estimate of drug-likeness (QED) is 0.437. The average molecular weight is 359 g/mol. The fraction of sp³-hybridized carbons (Fsp3) is 0.333. The van der Waals surface area contributed by atoms with Crippen LogP contribution < -0.4 is 0 Å². The zero-order valence-corrected chi connectivity index (χ0v) is 17.8. The van der Waals surface area contributed by atoms with Crippen LogP contribution >= 0.6 is 22.7 Å². The van der Waals surface area contributed by atoms with E-state index in [0.29, 0.717) is 0 Å². The predicted octanol–water partition coefficient (Wildman–Crippen LogP) is 5.93. The van der Waals surface area contributed by atoms with E-state index in [-0.39, 0.29) is 0 Å². The molecule has 2 rings (SSSR count). The molecule has 22 heavy (non-hydrogen) atoms. The lowest BCUT2D eigenvalue weighted by Gasteiger charge is -2.02. The van der Waals surface area contributed by atoms with Gasteiger partial charge in [0.2, 0.25) is 0 Å². The summed E-state index contributed by atoms with van der Waals surface area (Å²) in [5.41, 5.74) is 6.86. The lowest BCUT2D eigenvalue weighted by Crippen LogP contribution is -2.16. The summed E-state index contributed by atoms with van der Waals surface area (Å²) in [5, 5.41) is 0. The van der Waals surface area contributed by atoms with Crippen molar-refractivity contribution in [2.45, 2.75) is 39.3 Å². The van der Waals surface area contributed by atoms with Crippen LogP contribution in [0.2, 0.25) is 39.3 Å². The van der Waals surface area contributed by atoms with Crippen molar-refractivity contribution < 1.29 is 0 Å². The summed E-state index contributed by atoms with van der Waals surface area (Å²) >= 11 is 3.57. The average Bonchev–Trinajstić information content (AvgIpc) is 3.01. The Balaban J connectivity index is 2.20. The van der Waals surface area contributed by atoms with Gasteiger partial charge in [0.25, 0.3) is 0 Å². The molecule has 0 nitrogen and oxygen atoms in total. The maximum absolute atomic E-state index is 3.43. The topological polar surface area (TPSA) is 0 Å². The van der Waals surface area contributed by atoms with Gasteiger partial charge >= 0.3 is 0 Å². The molecule has 0 amide bonds. The van der Waals surface area contributed by atoms with Crippen molar-refractivity contribution in [3.63, 3.8) is 0 Å². The Bertz CT molecular complexity index is 707. The first-order valence-corrected chi connectivity index (χ1v) is 16.0. The van der Waals surface area contributed by atoms with E-state index in [0.717, 1.165) is 0 Å². The molecule has 0 unspecified atom stereocenters. The molecule has 0 N–H and O–H groups in total.